The van der Waals surface area contributed by atoms with Crippen LogP contribution in [0.1, 0.15) is 20.7 Å². The molecular formula is C20H14ClFN2O2. The van der Waals surface area contributed by atoms with Gasteiger partial charge in [-0.15, -0.1) is 0 Å². The lowest BCUT2D eigenvalue weighted by Crippen LogP contribution is -2.14. The Bertz CT molecular complexity index is 845. The van der Waals surface area contributed by atoms with Gasteiger partial charge in [0, 0.05) is 27.5 Å². The van der Waals surface area contributed by atoms with Crippen molar-refractivity contribution in [3.8, 4) is 0 Å². The van der Waals surface area contributed by atoms with E-state index in [1.165, 1.54) is 24.3 Å². The molecule has 6 heteroatoms. The van der Waals surface area contributed by atoms with Gasteiger partial charge in [0.1, 0.15) is 5.82 Å². The summed E-state index contributed by atoms with van der Waals surface area (Å²) in [6, 6.07) is 18.5. The maximum atomic E-state index is 12.9. The molecular weight excluding hydrogens is 355 g/mol. The maximum Gasteiger partial charge on any atom is 0.255 e. The van der Waals surface area contributed by atoms with Crippen LogP contribution in [0.4, 0.5) is 15.8 Å². The van der Waals surface area contributed by atoms with E-state index in [2.05, 4.69) is 10.6 Å². The first-order chi connectivity index (χ1) is 12.5. The minimum Gasteiger partial charge on any atom is -0.322 e. The summed E-state index contributed by atoms with van der Waals surface area (Å²) in [5.41, 5.74) is 1.91. The van der Waals surface area contributed by atoms with Gasteiger partial charge in [0.25, 0.3) is 11.8 Å². The standard InChI is InChI=1S/C20H14ClFN2O2/c21-15-5-9-17(10-6-15)23-19(25)13-1-3-14(4-2-13)20(26)24-18-11-7-16(22)8-12-18/h1-12H,(H,23,25)(H,24,26). The van der Waals surface area contributed by atoms with Crippen molar-refractivity contribution in [1.29, 1.82) is 0 Å². The Hall–Kier alpha value is -3.18. The molecule has 0 atom stereocenters. The summed E-state index contributed by atoms with van der Waals surface area (Å²) >= 11 is 5.81. The monoisotopic (exact) mass is 368 g/mol. The molecule has 0 aliphatic heterocycles. The van der Waals surface area contributed by atoms with Crippen LogP contribution < -0.4 is 10.6 Å². The number of hydrogen-bond donors (Lipinski definition) is 2. The SMILES string of the molecule is O=C(Nc1ccc(F)cc1)c1ccc(C(=O)Nc2ccc(Cl)cc2)cc1. The van der Waals surface area contributed by atoms with Gasteiger partial charge in [-0.3, -0.25) is 9.59 Å². The average molecular weight is 369 g/mol. The molecule has 0 saturated carbocycles. The van der Waals surface area contributed by atoms with Crippen LogP contribution in [0.5, 0.6) is 0 Å². The third kappa shape index (κ3) is 4.46. The van der Waals surface area contributed by atoms with Gasteiger partial charge in [0.15, 0.2) is 0 Å². The smallest absolute Gasteiger partial charge is 0.255 e. The third-order valence-corrected chi connectivity index (χ3v) is 3.87. The summed E-state index contributed by atoms with van der Waals surface area (Å²) in [5, 5.41) is 5.99. The maximum absolute atomic E-state index is 12.9. The zero-order valence-electron chi connectivity index (χ0n) is 13.5. The van der Waals surface area contributed by atoms with Crippen LogP contribution in [0.15, 0.2) is 72.8 Å². The van der Waals surface area contributed by atoms with Crippen LogP contribution in [-0.2, 0) is 0 Å². The molecule has 0 unspecified atom stereocenters. The van der Waals surface area contributed by atoms with Crippen molar-refractivity contribution in [3.63, 3.8) is 0 Å². The summed E-state index contributed by atoms with van der Waals surface area (Å²) in [5.74, 6) is -1.02. The second kappa shape index (κ2) is 7.80. The molecule has 0 aromatic heterocycles. The van der Waals surface area contributed by atoms with Crippen molar-refractivity contribution in [3.05, 3.63) is 94.8 Å². The van der Waals surface area contributed by atoms with Gasteiger partial charge in [-0.25, -0.2) is 4.39 Å². The number of benzene rings is 3. The van der Waals surface area contributed by atoms with E-state index < -0.39 is 0 Å². The molecule has 0 bridgehead atoms. The van der Waals surface area contributed by atoms with E-state index in [4.69, 9.17) is 11.6 Å². The van der Waals surface area contributed by atoms with E-state index in [0.29, 0.717) is 27.5 Å². The summed E-state index contributed by atoms with van der Waals surface area (Å²) in [4.78, 5) is 24.4. The molecule has 0 aliphatic carbocycles. The highest BCUT2D eigenvalue weighted by molar-refractivity contribution is 6.30. The largest absolute Gasteiger partial charge is 0.322 e. The highest BCUT2D eigenvalue weighted by atomic mass is 35.5. The fourth-order valence-corrected chi connectivity index (χ4v) is 2.37. The second-order valence-corrected chi connectivity index (χ2v) is 5.94. The Kier molecular flexibility index (Phi) is 5.29. The number of rotatable bonds is 4. The second-order valence-electron chi connectivity index (χ2n) is 5.50. The number of anilines is 2. The van der Waals surface area contributed by atoms with Gasteiger partial charge in [-0.2, -0.15) is 0 Å². The number of carbonyl (C=O) groups excluding carboxylic acids is 2. The molecule has 0 saturated heterocycles. The molecule has 0 aliphatic rings. The van der Waals surface area contributed by atoms with Gasteiger partial charge in [-0.1, -0.05) is 11.6 Å². The molecule has 2 amide bonds. The zero-order chi connectivity index (χ0) is 18.5. The first-order valence-corrected chi connectivity index (χ1v) is 8.13. The van der Waals surface area contributed by atoms with Gasteiger partial charge in [0.2, 0.25) is 0 Å². The number of hydrogen-bond acceptors (Lipinski definition) is 2. The van der Waals surface area contributed by atoms with Crippen molar-refractivity contribution in [2.45, 2.75) is 0 Å². The Morgan fingerprint density at radius 2 is 1.04 bits per heavy atom. The van der Waals surface area contributed by atoms with Crippen molar-refractivity contribution in [2.24, 2.45) is 0 Å². The van der Waals surface area contributed by atoms with Gasteiger partial charge >= 0.3 is 0 Å². The van der Waals surface area contributed by atoms with E-state index in [-0.39, 0.29) is 17.6 Å². The van der Waals surface area contributed by atoms with Crippen molar-refractivity contribution < 1.29 is 14.0 Å². The van der Waals surface area contributed by atoms with Gasteiger partial charge < -0.3 is 10.6 Å². The van der Waals surface area contributed by atoms with Crippen LogP contribution in [-0.4, -0.2) is 11.8 Å². The van der Waals surface area contributed by atoms with Crippen molar-refractivity contribution in [2.75, 3.05) is 10.6 Å². The Morgan fingerprint density at radius 1 is 0.654 bits per heavy atom. The molecule has 2 N–H and O–H groups in total. The summed E-state index contributed by atoms with van der Waals surface area (Å²) in [6.07, 6.45) is 0. The summed E-state index contributed by atoms with van der Waals surface area (Å²) in [7, 11) is 0. The lowest BCUT2D eigenvalue weighted by Gasteiger charge is -2.07. The Balaban J connectivity index is 1.65. The lowest BCUT2D eigenvalue weighted by atomic mass is 10.1. The fraction of sp³-hybridized carbons (Fsp3) is 0. The Morgan fingerprint density at radius 3 is 1.46 bits per heavy atom. The molecule has 0 heterocycles. The number of halogens is 2. The molecule has 0 fully saturated rings. The Labute approximate surface area is 154 Å². The molecule has 26 heavy (non-hydrogen) atoms. The number of amides is 2. The van der Waals surface area contributed by atoms with Crippen molar-refractivity contribution >= 4 is 34.8 Å². The quantitative estimate of drug-likeness (QED) is 0.682. The molecule has 0 spiro atoms. The van der Waals surface area contributed by atoms with E-state index in [9.17, 15) is 14.0 Å². The zero-order valence-corrected chi connectivity index (χ0v) is 14.3. The third-order valence-electron chi connectivity index (χ3n) is 3.61. The molecule has 3 aromatic rings. The predicted molar refractivity (Wildman–Crippen MR) is 100 cm³/mol. The van der Waals surface area contributed by atoms with E-state index >= 15 is 0 Å². The molecule has 4 nitrogen and oxygen atoms in total. The predicted octanol–water partition coefficient (Wildman–Crippen LogP) is 4.98. The minimum absolute atomic E-state index is 0.294. The van der Waals surface area contributed by atoms with Crippen LogP contribution in [0.25, 0.3) is 0 Å². The van der Waals surface area contributed by atoms with Gasteiger partial charge in [-0.05, 0) is 72.8 Å². The van der Waals surface area contributed by atoms with E-state index in [0.717, 1.165) is 0 Å². The topological polar surface area (TPSA) is 58.2 Å². The minimum atomic E-state index is -0.376. The van der Waals surface area contributed by atoms with Gasteiger partial charge in [0.05, 0.1) is 0 Å². The van der Waals surface area contributed by atoms with E-state index in [1.807, 2.05) is 0 Å². The highest BCUT2D eigenvalue weighted by Crippen LogP contribution is 2.15. The summed E-state index contributed by atoms with van der Waals surface area (Å²) < 4.78 is 12.9. The summed E-state index contributed by atoms with van der Waals surface area (Å²) in [6.45, 7) is 0. The van der Waals surface area contributed by atoms with E-state index in [1.54, 1.807) is 48.5 Å². The first kappa shape index (κ1) is 17.6. The normalized spacial score (nSPS) is 10.2. The highest BCUT2D eigenvalue weighted by Gasteiger charge is 2.10. The number of carbonyl (C=O) groups is 2. The molecule has 3 rings (SSSR count). The molecule has 130 valence electrons. The van der Waals surface area contributed by atoms with Crippen LogP contribution >= 0.6 is 11.6 Å². The average Bonchev–Trinajstić information content (AvgIpc) is 2.65. The number of nitrogens with one attached hydrogen (secondary N) is 2. The van der Waals surface area contributed by atoms with Crippen LogP contribution in [0.3, 0.4) is 0 Å². The molecule has 3 aromatic carbocycles. The molecule has 0 radical (unpaired) electrons. The van der Waals surface area contributed by atoms with Crippen molar-refractivity contribution in [1.82, 2.24) is 0 Å². The lowest BCUT2D eigenvalue weighted by molar-refractivity contribution is 0.101. The van der Waals surface area contributed by atoms with Crippen LogP contribution in [0.2, 0.25) is 5.02 Å². The first-order valence-electron chi connectivity index (χ1n) is 7.75. The van der Waals surface area contributed by atoms with Crippen LogP contribution in [0, 0.1) is 5.82 Å². The fourth-order valence-electron chi connectivity index (χ4n) is 2.25.